The number of nitrogens with zero attached hydrogens (tertiary/aromatic N) is 1. The second-order valence-electron chi connectivity index (χ2n) is 6.04. The zero-order chi connectivity index (χ0) is 18.2. The average Bonchev–Trinajstić information content (AvgIpc) is 2.47. The van der Waals surface area contributed by atoms with Crippen molar-refractivity contribution >= 4 is 21.6 Å². The zero-order valence-electron chi connectivity index (χ0n) is 14.9. The normalized spacial score (nSPS) is 11.8. The number of nitrogens with one attached hydrogen (secondary N) is 1. The van der Waals surface area contributed by atoms with Crippen LogP contribution < -0.4 is 10.1 Å². The van der Waals surface area contributed by atoms with E-state index in [1.54, 1.807) is 24.3 Å². The first kappa shape index (κ1) is 20.4. The summed E-state index contributed by atoms with van der Waals surface area (Å²) in [6, 6.07) is 7.01. The van der Waals surface area contributed by atoms with Crippen LogP contribution in [0.5, 0.6) is 5.75 Å². The molecule has 0 aliphatic carbocycles. The summed E-state index contributed by atoms with van der Waals surface area (Å²) >= 11 is 0. The van der Waals surface area contributed by atoms with Crippen LogP contribution >= 0.6 is 0 Å². The molecule has 1 rings (SSSR count). The highest BCUT2D eigenvalue weighted by atomic mass is 32.2. The first-order valence-corrected chi connectivity index (χ1v) is 10.1. The molecule has 0 fully saturated rings. The molecule has 1 aromatic rings. The minimum absolute atomic E-state index is 0.0804. The van der Waals surface area contributed by atoms with Gasteiger partial charge in [-0.2, -0.15) is 4.31 Å². The van der Waals surface area contributed by atoms with Crippen LogP contribution in [0.3, 0.4) is 0 Å². The van der Waals surface area contributed by atoms with Gasteiger partial charge in [0.05, 0.1) is 18.9 Å². The molecule has 6 nitrogen and oxygen atoms in total. The molecular formula is C17H28N2O4S. The van der Waals surface area contributed by atoms with E-state index < -0.39 is 10.0 Å². The van der Waals surface area contributed by atoms with Gasteiger partial charge in [0.1, 0.15) is 5.75 Å². The van der Waals surface area contributed by atoms with Crippen molar-refractivity contribution in [2.45, 2.75) is 46.1 Å². The summed E-state index contributed by atoms with van der Waals surface area (Å²) < 4.78 is 30.3. The fourth-order valence-electron chi connectivity index (χ4n) is 2.15. The third-order valence-electron chi connectivity index (χ3n) is 3.31. The molecule has 0 bridgehead atoms. The molecule has 0 aliphatic rings. The summed E-state index contributed by atoms with van der Waals surface area (Å²) in [5, 5.41) is 2.71. The lowest BCUT2D eigenvalue weighted by Gasteiger charge is -2.19. The SMILES string of the molecule is CCCCCN(CC(=O)Nc1ccc(OC(C)C)cc1)S(C)(=O)=O. The van der Waals surface area contributed by atoms with Crippen LogP contribution in [-0.4, -0.2) is 44.1 Å². The molecule has 0 heterocycles. The predicted octanol–water partition coefficient (Wildman–Crippen LogP) is 2.86. The number of benzene rings is 1. The van der Waals surface area contributed by atoms with E-state index >= 15 is 0 Å². The van der Waals surface area contributed by atoms with E-state index in [1.165, 1.54) is 4.31 Å². The zero-order valence-corrected chi connectivity index (χ0v) is 15.7. The lowest BCUT2D eigenvalue weighted by molar-refractivity contribution is -0.116. The molecule has 1 aromatic carbocycles. The van der Waals surface area contributed by atoms with Crippen molar-refractivity contribution in [1.82, 2.24) is 4.31 Å². The van der Waals surface area contributed by atoms with E-state index in [2.05, 4.69) is 5.32 Å². The van der Waals surface area contributed by atoms with Crippen molar-refractivity contribution in [2.75, 3.05) is 24.7 Å². The Bertz CT molecular complexity index is 612. The number of rotatable bonds is 10. The summed E-state index contributed by atoms with van der Waals surface area (Å²) in [5.41, 5.74) is 0.609. The van der Waals surface area contributed by atoms with Crippen LogP contribution in [0.2, 0.25) is 0 Å². The minimum atomic E-state index is -3.40. The first-order valence-electron chi connectivity index (χ1n) is 8.24. The molecule has 1 amide bonds. The van der Waals surface area contributed by atoms with Gasteiger partial charge < -0.3 is 10.1 Å². The maximum atomic E-state index is 12.1. The molecule has 0 saturated carbocycles. The van der Waals surface area contributed by atoms with Crippen LogP contribution in [0.4, 0.5) is 5.69 Å². The number of amides is 1. The van der Waals surface area contributed by atoms with Crippen molar-refractivity contribution < 1.29 is 17.9 Å². The number of anilines is 1. The topological polar surface area (TPSA) is 75.7 Å². The smallest absolute Gasteiger partial charge is 0.239 e. The van der Waals surface area contributed by atoms with Gasteiger partial charge in [0.2, 0.25) is 15.9 Å². The van der Waals surface area contributed by atoms with E-state index in [0.29, 0.717) is 12.2 Å². The molecule has 0 spiro atoms. The average molecular weight is 356 g/mol. The Labute approximate surface area is 145 Å². The van der Waals surface area contributed by atoms with Crippen molar-refractivity contribution in [3.63, 3.8) is 0 Å². The molecule has 7 heteroatoms. The Kier molecular flexibility index (Phi) is 8.21. The van der Waals surface area contributed by atoms with Crippen molar-refractivity contribution in [3.05, 3.63) is 24.3 Å². The largest absolute Gasteiger partial charge is 0.491 e. The molecule has 0 radical (unpaired) electrons. The Morgan fingerprint density at radius 1 is 1.21 bits per heavy atom. The first-order chi connectivity index (χ1) is 11.2. The quantitative estimate of drug-likeness (QED) is 0.654. The van der Waals surface area contributed by atoms with Gasteiger partial charge in [0, 0.05) is 12.2 Å². The highest BCUT2D eigenvalue weighted by molar-refractivity contribution is 7.88. The number of hydrogen-bond acceptors (Lipinski definition) is 4. The van der Waals surface area contributed by atoms with Gasteiger partial charge in [-0.25, -0.2) is 8.42 Å². The molecule has 0 saturated heterocycles. The second kappa shape index (κ2) is 9.64. The minimum Gasteiger partial charge on any atom is -0.491 e. The van der Waals surface area contributed by atoms with Crippen LogP contribution in [-0.2, 0) is 14.8 Å². The van der Waals surface area contributed by atoms with Gasteiger partial charge in [-0.15, -0.1) is 0 Å². The molecule has 136 valence electrons. The Morgan fingerprint density at radius 3 is 2.33 bits per heavy atom. The molecule has 0 aliphatic heterocycles. The fourth-order valence-corrected chi connectivity index (χ4v) is 2.96. The number of ether oxygens (including phenoxy) is 1. The highest BCUT2D eigenvalue weighted by Gasteiger charge is 2.19. The Balaban J connectivity index is 2.61. The predicted molar refractivity (Wildman–Crippen MR) is 96.8 cm³/mol. The molecule has 0 unspecified atom stereocenters. The van der Waals surface area contributed by atoms with E-state index in [1.807, 2.05) is 20.8 Å². The summed E-state index contributed by atoms with van der Waals surface area (Å²) in [6.45, 7) is 6.11. The number of unbranched alkanes of at least 4 members (excludes halogenated alkanes) is 2. The van der Waals surface area contributed by atoms with Gasteiger partial charge in [-0.3, -0.25) is 4.79 Å². The van der Waals surface area contributed by atoms with Gasteiger partial charge >= 0.3 is 0 Å². The van der Waals surface area contributed by atoms with Gasteiger partial charge in [-0.05, 0) is 44.5 Å². The van der Waals surface area contributed by atoms with E-state index in [-0.39, 0.29) is 18.6 Å². The summed E-state index contributed by atoms with van der Waals surface area (Å²) in [5.74, 6) is 0.370. The fraction of sp³-hybridized carbons (Fsp3) is 0.588. The molecular weight excluding hydrogens is 328 g/mol. The van der Waals surface area contributed by atoms with Gasteiger partial charge in [-0.1, -0.05) is 19.8 Å². The molecule has 0 aromatic heterocycles. The van der Waals surface area contributed by atoms with Crippen LogP contribution in [0, 0.1) is 0 Å². The molecule has 1 N–H and O–H groups in total. The van der Waals surface area contributed by atoms with E-state index in [9.17, 15) is 13.2 Å². The third-order valence-corrected chi connectivity index (χ3v) is 4.56. The molecule has 24 heavy (non-hydrogen) atoms. The number of carbonyl (C=O) groups excluding carboxylic acids is 1. The highest BCUT2D eigenvalue weighted by Crippen LogP contribution is 2.17. The summed E-state index contributed by atoms with van der Waals surface area (Å²) in [4.78, 5) is 12.1. The van der Waals surface area contributed by atoms with Crippen LogP contribution in [0.25, 0.3) is 0 Å². The Morgan fingerprint density at radius 2 is 1.83 bits per heavy atom. The standard InChI is InChI=1S/C17H28N2O4S/c1-5-6-7-12-19(24(4,21)22)13-17(20)18-15-8-10-16(11-9-15)23-14(2)3/h8-11,14H,5-7,12-13H2,1-4H3,(H,18,20). The Hall–Kier alpha value is -1.60. The van der Waals surface area contributed by atoms with E-state index in [0.717, 1.165) is 31.3 Å². The lowest BCUT2D eigenvalue weighted by Crippen LogP contribution is -2.38. The summed E-state index contributed by atoms with van der Waals surface area (Å²) in [6.07, 6.45) is 3.89. The third kappa shape index (κ3) is 7.79. The summed E-state index contributed by atoms with van der Waals surface area (Å²) in [7, 11) is -3.40. The maximum absolute atomic E-state index is 12.1. The number of sulfonamides is 1. The maximum Gasteiger partial charge on any atom is 0.239 e. The van der Waals surface area contributed by atoms with Gasteiger partial charge in [0.25, 0.3) is 0 Å². The van der Waals surface area contributed by atoms with Crippen molar-refractivity contribution in [2.24, 2.45) is 0 Å². The lowest BCUT2D eigenvalue weighted by atomic mass is 10.2. The number of carbonyl (C=O) groups is 1. The second-order valence-corrected chi connectivity index (χ2v) is 8.03. The van der Waals surface area contributed by atoms with Crippen molar-refractivity contribution in [1.29, 1.82) is 0 Å². The number of hydrogen-bond donors (Lipinski definition) is 1. The monoisotopic (exact) mass is 356 g/mol. The van der Waals surface area contributed by atoms with Gasteiger partial charge in [0.15, 0.2) is 0 Å². The van der Waals surface area contributed by atoms with Crippen molar-refractivity contribution in [3.8, 4) is 5.75 Å². The van der Waals surface area contributed by atoms with Crippen LogP contribution in [0.15, 0.2) is 24.3 Å². The molecule has 0 atom stereocenters. The van der Waals surface area contributed by atoms with E-state index in [4.69, 9.17) is 4.74 Å². The van der Waals surface area contributed by atoms with Crippen LogP contribution in [0.1, 0.15) is 40.0 Å².